The van der Waals surface area contributed by atoms with Gasteiger partial charge in [0.1, 0.15) is 11.2 Å². The number of amides is 1. The minimum Gasteiger partial charge on any atom is -0.314 e. The Balaban J connectivity index is 1.45. The van der Waals surface area contributed by atoms with Gasteiger partial charge in [0.15, 0.2) is 0 Å². The summed E-state index contributed by atoms with van der Waals surface area (Å²) in [6.07, 6.45) is 1.60. The fraction of sp³-hybridized carbons (Fsp3) is 0.500. The number of likely N-dealkylation sites (N-methyl/N-ethyl adjacent to an activating group) is 1. The largest absolute Gasteiger partial charge is 0.314 e. The van der Waals surface area contributed by atoms with Gasteiger partial charge in [-0.05, 0) is 54.9 Å². The van der Waals surface area contributed by atoms with Crippen molar-refractivity contribution in [2.75, 3.05) is 30.9 Å². The summed E-state index contributed by atoms with van der Waals surface area (Å²) < 4.78 is 63.8. The second-order valence-corrected chi connectivity index (χ2v) is 14.9. The second-order valence-electron chi connectivity index (χ2n) is 11.6. The number of para-hydroxylation sites is 1. The van der Waals surface area contributed by atoms with Crippen molar-refractivity contribution in [2.24, 2.45) is 16.7 Å². The summed E-state index contributed by atoms with van der Waals surface area (Å²) in [4.78, 5) is 27.8. The molecule has 1 amide bonds. The van der Waals surface area contributed by atoms with E-state index >= 15 is 0 Å². The Morgan fingerprint density at radius 2 is 1.59 bits per heavy atom. The quantitative estimate of drug-likeness (QED) is 0.417. The Labute approximate surface area is 229 Å². The van der Waals surface area contributed by atoms with Gasteiger partial charge in [0.05, 0.1) is 29.3 Å². The lowest BCUT2D eigenvalue weighted by atomic mass is 9.70. The lowest BCUT2D eigenvalue weighted by Crippen LogP contribution is -2.48. The van der Waals surface area contributed by atoms with E-state index in [9.17, 15) is 26.4 Å². The number of Topliss-reactive ketones (excluding diaryl/α,β-unsaturated/α-hetero) is 1. The first-order valence-corrected chi connectivity index (χ1v) is 15.9. The highest BCUT2D eigenvalue weighted by Gasteiger charge is 2.65. The van der Waals surface area contributed by atoms with Crippen molar-refractivity contribution in [1.82, 2.24) is 0 Å². The molecule has 2 bridgehead atoms. The average molecular weight is 576 g/mol. The van der Waals surface area contributed by atoms with E-state index in [-0.39, 0.29) is 16.6 Å². The molecule has 9 nitrogen and oxygen atoms in total. The highest BCUT2D eigenvalue weighted by Crippen LogP contribution is 2.64. The maximum atomic E-state index is 13.6. The fourth-order valence-corrected chi connectivity index (χ4v) is 9.34. The zero-order valence-corrected chi connectivity index (χ0v) is 24.1. The monoisotopic (exact) mass is 575 g/mol. The lowest BCUT2D eigenvalue weighted by Gasteiger charge is -2.36. The first kappa shape index (κ1) is 27.9. The summed E-state index contributed by atoms with van der Waals surface area (Å²) in [7, 11) is -7.03. The minimum absolute atomic E-state index is 0.0693. The van der Waals surface area contributed by atoms with E-state index in [1.165, 1.54) is 24.1 Å². The van der Waals surface area contributed by atoms with Gasteiger partial charge < -0.3 is 4.90 Å². The molecule has 1 aliphatic heterocycles. The Hall–Kier alpha value is -2.60. The van der Waals surface area contributed by atoms with E-state index in [0.717, 1.165) is 12.0 Å². The van der Waals surface area contributed by atoms with Gasteiger partial charge in [0.2, 0.25) is 5.91 Å². The van der Waals surface area contributed by atoms with Crippen LogP contribution < -0.4 is 4.90 Å². The van der Waals surface area contributed by atoms with E-state index in [2.05, 4.69) is 0 Å². The van der Waals surface area contributed by atoms with Crippen LogP contribution in [0.3, 0.4) is 0 Å². The van der Waals surface area contributed by atoms with Crippen molar-refractivity contribution in [2.45, 2.75) is 50.3 Å². The normalized spacial score (nSPS) is 27.8. The van der Waals surface area contributed by atoms with E-state index < -0.39 is 61.4 Å². The number of carbonyl (C=O) groups is 2. The Morgan fingerprint density at radius 1 is 0.949 bits per heavy atom. The van der Waals surface area contributed by atoms with Crippen molar-refractivity contribution in [1.29, 1.82) is 0 Å². The topological polar surface area (TPSA) is 124 Å². The number of rotatable bonds is 9. The number of aryl methyl sites for hydroxylation is 1. The average Bonchev–Trinajstić information content (AvgIpc) is 3.32. The van der Waals surface area contributed by atoms with Crippen LogP contribution in [-0.4, -0.2) is 54.5 Å². The molecule has 5 rings (SSSR count). The molecular formula is C28H33NO8S2. The third-order valence-corrected chi connectivity index (χ3v) is 11.9. The minimum atomic E-state index is -4.29. The SMILES string of the molecule is Cc1ccc(S(=O)(=O)OC[C@@]2(COS(=O)(=O)C[C@]34CC[C@H](CC3=O)C4(C)C)C(=O)N(C)c3ccccc32)cc1. The number of ketones is 1. The van der Waals surface area contributed by atoms with E-state index in [1.807, 2.05) is 20.8 Å². The highest BCUT2D eigenvalue weighted by atomic mass is 32.2. The molecule has 11 heteroatoms. The summed E-state index contributed by atoms with van der Waals surface area (Å²) >= 11 is 0. The van der Waals surface area contributed by atoms with Gasteiger partial charge in [-0.1, -0.05) is 49.7 Å². The van der Waals surface area contributed by atoms with Crippen LogP contribution >= 0.6 is 0 Å². The summed E-state index contributed by atoms with van der Waals surface area (Å²) in [6, 6.07) is 12.8. The summed E-state index contributed by atoms with van der Waals surface area (Å²) in [6.45, 7) is 4.37. The zero-order valence-electron chi connectivity index (χ0n) is 22.5. The summed E-state index contributed by atoms with van der Waals surface area (Å²) in [5.41, 5.74) is -1.49. The van der Waals surface area contributed by atoms with Crippen LogP contribution in [0.2, 0.25) is 0 Å². The van der Waals surface area contributed by atoms with Gasteiger partial charge in [-0.3, -0.25) is 18.0 Å². The Morgan fingerprint density at radius 3 is 2.21 bits per heavy atom. The number of anilines is 1. The fourth-order valence-electron chi connectivity index (χ4n) is 6.63. The number of fused-ring (bicyclic) bond motifs is 3. The maximum absolute atomic E-state index is 13.6. The molecule has 2 saturated carbocycles. The van der Waals surface area contributed by atoms with Crippen molar-refractivity contribution in [3.05, 3.63) is 59.7 Å². The molecule has 1 heterocycles. The molecule has 39 heavy (non-hydrogen) atoms. The zero-order chi connectivity index (χ0) is 28.4. The first-order valence-electron chi connectivity index (χ1n) is 12.9. The predicted octanol–water partition coefficient (Wildman–Crippen LogP) is 3.36. The maximum Gasteiger partial charge on any atom is 0.297 e. The van der Waals surface area contributed by atoms with Crippen LogP contribution in [-0.2, 0) is 43.6 Å². The predicted molar refractivity (Wildman–Crippen MR) is 144 cm³/mol. The second kappa shape index (κ2) is 9.22. The molecule has 0 unspecified atom stereocenters. The third-order valence-electron chi connectivity index (χ3n) is 9.31. The number of benzene rings is 2. The molecule has 0 spiro atoms. The Kier molecular flexibility index (Phi) is 6.61. The molecule has 2 fully saturated rings. The van der Waals surface area contributed by atoms with Gasteiger partial charge in [0.25, 0.3) is 20.2 Å². The van der Waals surface area contributed by atoms with Crippen molar-refractivity contribution in [3.8, 4) is 0 Å². The van der Waals surface area contributed by atoms with E-state index in [0.29, 0.717) is 24.1 Å². The van der Waals surface area contributed by atoms with Crippen LogP contribution in [0, 0.1) is 23.7 Å². The van der Waals surface area contributed by atoms with Crippen molar-refractivity contribution >= 4 is 37.6 Å². The molecule has 2 aromatic carbocycles. The van der Waals surface area contributed by atoms with Crippen LogP contribution in [0.5, 0.6) is 0 Å². The molecule has 3 atom stereocenters. The van der Waals surface area contributed by atoms with Crippen LogP contribution in [0.1, 0.15) is 44.2 Å². The van der Waals surface area contributed by atoms with Crippen molar-refractivity contribution in [3.63, 3.8) is 0 Å². The van der Waals surface area contributed by atoms with Gasteiger partial charge >= 0.3 is 0 Å². The van der Waals surface area contributed by atoms with Gasteiger partial charge in [0, 0.05) is 19.2 Å². The van der Waals surface area contributed by atoms with Crippen LogP contribution in [0.15, 0.2) is 53.4 Å². The molecule has 210 valence electrons. The standard InChI is InChI=1S/C28H33NO8S2/c1-19-9-11-21(12-10-19)39(34,35)37-17-27(22-7-5-6-8-23(22)29(4)25(27)31)16-36-38(32,33)18-28-14-13-20(15-24(28)30)26(28,2)3/h5-12,20H,13-18H2,1-4H3/t20-,27-,28-/m1/s1. The molecule has 3 aliphatic rings. The number of nitrogens with zero attached hydrogens (tertiary/aromatic N) is 1. The van der Waals surface area contributed by atoms with Crippen molar-refractivity contribution < 1.29 is 34.8 Å². The van der Waals surface area contributed by atoms with Crippen LogP contribution in [0.25, 0.3) is 0 Å². The van der Waals surface area contributed by atoms with Gasteiger partial charge in [-0.2, -0.15) is 16.8 Å². The number of hydrogen-bond donors (Lipinski definition) is 0. The highest BCUT2D eigenvalue weighted by molar-refractivity contribution is 7.87. The molecule has 0 N–H and O–H groups in total. The molecule has 2 aliphatic carbocycles. The summed E-state index contributed by atoms with van der Waals surface area (Å²) in [5.74, 6) is -0.967. The lowest BCUT2D eigenvalue weighted by molar-refractivity contribution is -0.128. The smallest absolute Gasteiger partial charge is 0.297 e. The first-order chi connectivity index (χ1) is 18.2. The number of hydrogen-bond acceptors (Lipinski definition) is 8. The molecule has 0 saturated heterocycles. The number of carbonyl (C=O) groups excluding carboxylic acids is 2. The molecule has 0 radical (unpaired) electrons. The third kappa shape index (κ3) is 4.34. The molecule has 0 aromatic heterocycles. The summed E-state index contributed by atoms with van der Waals surface area (Å²) in [5, 5.41) is 0. The van der Waals surface area contributed by atoms with Gasteiger partial charge in [-0.25, -0.2) is 0 Å². The van der Waals surface area contributed by atoms with Crippen LogP contribution in [0.4, 0.5) is 5.69 Å². The van der Waals surface area contributed by atoms with E-state index in [4.69, 9.17) is 8.37 Å². The molecular weight excluding hydrogens is 542 g/mol. The molecule has 2 aromatic rings. The Bertz CT molecular complexity index is 1550. The van der Waals surface area contributed by atoms with E-state index in [1.54, 1.807) is 36.4 Å². The van der Waals surface area contributed by atoms with Gasteiger partial charge in [-0.15, -0.1) is 0 Å².